The summed E-state index contributed by atoms with van der Waals surface area (Å²) in [6.07, 6.45) is 5.82. The van der Waals surface area contributed by atoms with Crippen LogP contribution in [0.1, 0.15) is 33.1 Å². The van der Waals surface area contributed by atoms with Crippen molar-refractivity contribution in [1.29, 1.82) is 0 Å². The van der Waals surface area contributed by atoms with Crippen molar-refractivity contribution in [2.45, 2.75) is 43.7 Å². The zero-order valence-electron chi connectivity index (χ0n) is 18.7. The Morgan fingerprint density at radius 3 is 2.41 bits per heavy atom. The number of rotatable bonds is 6. The lowest BCUT2D eigenvalue weighted by Crippen LogP contribution is -2.44. The molecule has 9 nitrogen and oxygen atoms in total. The number of hydrogen-bond donors (Lipinski definition) is 1. The molecule has 34 heavy (non-hydrogen) atoms. The minimum absolute atomic E-state index is 0.0870. The number of amides is 2. The first kappa shape index (κ1) is 24.7. The fraction of sp³-hybridized carbons (Fsp3) is 0.409. The van der Waals surface area contributed by atoms with Crippen LogP contribution in [0.5, 0.6) is 0 Å². The standard InChI is InChI=1S/C22H25Cl2N5O4S/c1-3-4-7-22(2)20(31)28(17-11-15(23)10-16(24)12-17)21-26-13-18(29(21)22)34(32,33)27-8-5-14(6-9-27)19(25)30/h3-4,10-14H,5-9H2,1-2H3,(H2,25,30)/b4-3+/t22-/m1/s1. The van der Waals surface area contributed by atoms with E-state index >= 15 is 0 Å². The summed E-state index contributed by atoms with van der Waals surface area (Å²) in [5.74, 6) is -0.966. The maximum absolute atomic E-state index is 13.7. The van der Waals surface area contributed by atoms with Gasteiger partial charge in [-0.25, -0.2) is 18.3 Å². The van der Waals surface area contributed by atoms with Gasteiger partial charge in [0.2, 0.25) is 11.9 Å². The molecule has 2 aliphatic rings. The van der Waals surface area contributed by atoms with Crippen molar-refractivity contribution in [3.05, 3.63) is 46.6 Å². The van der Waals surface area contributed by atoms with Crippen LogP contribution < -0.4 is 10.6 Å². The lowest BCUT2D eigenvalue weighted by Gasteiger charge is -2.31. The molecule has 1 fully saturated rings. The number of fused-ring (bicyclic) bond motifs is 1. The molecule has 1 aromatic carbocycles. The fourth-order valence-corrected chi connectivity index (χ4v) is 6.67. The Morgan fingerprint density at radius 1 is 1.24 bits per heavy atom. The molecule has 1 aromatic heterocycles. The van der Waals surface area contributed by atoms with Gasteiger partial charge in [-0.15, -0.1) is 0 Å². The van der Waals surface area contributed by atoms with E-state index < -0.39 is 21.5 Å². The lowest BCUT2D eigenvalue weighted by atomic mass is 9.96. The van der Waals surface area contributed by atoms with Crippen LogP contribution in [-0.4, -0.2) is 47.2 Å². The summed E-state index contributed by atoms with van der Waals surface area (Å²) in [4.78, 5) is 30.9. The minimum Gasteiger partial charge on any atom is -0.369 e. The lowest BCUT2D eigenvalue weighted by molar-refractivity contribution is -0.124. The summed E-state index contributed by atoms with van der Waals surface area (Å²) >= 11 is 12.4. The third-order valence-electron chi connectivity index (χ3n) is 6.39. The Bertz CT molecular complexity index is 1260. The maximum Gasteiger partial charge on any atom is 0.260 e. The van der Waals surface area contributed by atoms with E-state index in [2.05, 4.69) is 4.98 Å². The molecule has 2 aromatic rings. The van der Waals surface area contributed by atoms with E-state index in [1.165, 1.54) is 20.0 Å². The van der Waals surface area contributed by atoms with Gasteiger partial charge in [-0.1, -0.05) is 35.4 Å². The van der Waals surface area contributed by atoms with Gasteiger partial charge >= 0.3 is 0 Å². The molecule has 0 unspecified atom stereocenters. The molecule has 0 saturated carbocycles. The van der Waals surface area contributed by atoms with Crippen LogP contribution in [0.3, 0.4) is 0 Å². The van der Waals surface area contributed by atoms with Crippen LogP contribution in [0.2, 0.25) is 10.0 Å². The molecule has 0 bridgehead atoms. The van der Waals surface area contributed by atoms with E-state index in [0.29, 0.717) is 28.6 Å². The number of nitrogens with two attached hydrogens (primary N) is 1. The van der Waals surface area contributed by atoms with Crippen molar-refractivity contribution in [1.82, 2.24) is 13.9 Å². The number of hydrogen-bond acceptors (Lipinski definition) is 5. The van der Waals surface area contributed by atoms with Gasteiger partial charge in [0.05, 0.1) is 11.9 Å². The maximum atomic E-state index is 13.7. The molecule has 2 aliphatic heterocycles. The molecule has 182 valence electrons. The second-order valence-electron chi connectivity index (χ2n) is 8.63. The molecular weight excluding hydrogens is 501 g/mol. The van der Waals surface area contributed by atoms with Gasteiger partial charge in [0.1, 0.15) is 5.54 Å². The highest BCUT2D eigenvalue weighted by Crippen LogP contribution is 2.45. The van der Waals surface area contributed by atoms with E-state index in [0.717, 1.165) is 0 Å². The normalized spacial score (nSPS) is 22.0. The zero-order valence-corrected chi connectivity index (χ0v) is 21.1. The number of halogens is 2. The summed E-state index contributed by atoms with van der Waals surface area (Å²) in [6, 6.07) is 4.70. The summed E-state index contributed by atoms with van der Waals surface area (Å²) in [6.45, 7) is 3.82. The predicted octanol–water partition coefficient (Wildman–Crippen LogP) is 3.44. The number of nitrogens with zero attached hydrogens (tertiary/aromatic N) is 4. The first-order chi connectivity index (χ1) is 16.0. The number of imidazole rings is 1. The number of aromatic nitrogens is 2. The van der Waals surface area contributed by atoms with Crippen LogP contribution in [0, 0.1) is 5.92 Å². The minimum atomic E-state index is -4.01. The number of primary amides is 1. The van der Waals surface area contributed by atoms with Gasteiger partial charge in [-0.3, -0.25) is 14.2 Å². The number of anilines is 2. The van der Waals surface area contributed by atoms with Gasteiger partial charge in [0, 0.05) is 29.1 Å². The van der Waals surface area contributed by atoms with Crippen molar-refractivity contribution in [2.24, 2.45) is 11.7 Å². The molecule has 0 radical (unpaired) electrons. The average molecular weight is 526 g/mol. The van der Waals surface area contributed by atoms with Crippen LogP contribution >= 0.6 is 23.2 Å². The van der Waals surface area contributed by atoms with Crippen molar-refractivity contribution in [3.63, 3.8) is 0 Å². The monoisotopic (exact) mass is 525 g/mol. The molecule has 2 N–H and O–H groups in total. The number of piperidine rings is 1. The molecule has 2 amide bonds. The van der Waals surface area contributed by atoms with Gasteiger partial charge in [-0.2, -0.15) is 4.31 Å². The number of allylic oxidation sites excluding steroid dienone is 2. The molecule has 12 heteroatoms. The highest BCUT2D eigenvalue weighted by molar-refractivity contribution is 7.89. The fourth-order valence-electron chi connectivity index (χ4n) is 4.50. The van der Waals surface area contributed by atoms with Crippen molar-refractivity contribution < 1.29 is 18.0 Å². The summed E-state index contributed by atoms with van der Waals surface area (Å²) in [5.41, 5.74) is 4.53. The van der Waals surface area contributed by atoms with Crippen molar-refractivity contribution in [3.8, 4) is 0 Å². The van der Waals surface area contributed by atoms with Crippen LogP contribution in [0.25, 0.3) is 0 Å². The Kier molecular flexibility index (Phi) is 6.54. The molecule has 1 saturated heterocycles. The first-order valence-electron chi connectivity index (χ1n) is 10.8. The molecular formula is C22H25Cl2N5O4S. The quantitative estimate of drug-likeness (QED) is 0.579. The smallest absolute Gasteiger partial charge is 0.260 e. The molecule has 0 spiro atoms. The van der Waals surface area contributed by atoms with Crippen LogP contribution in [0.15, 0.2) is 41.6 Å². The third kappa shape index (κ3) is 4.02. The Labute approximate surface area is 208 Å². The second-order valence-corrected chi connectivity index (χ2v) is 11.4. The zero-order chi connectivity index (χ0) is 24.8. The van der Waals surface area contributed by atoms with Crippen molar-refractivity contribution in [2.75, 3.05) is 18.0 Å². The van der Waals surface area contributed by atoms with E-state index in [-0.39, 0.29) is 42.3 Å². The number of carbonyl (C=O) groups is 2. The summed E-state index contributed by atoms with van der Waals surface area (Å²) in [5, 5.41) is 0.581. The third-order valence-corrected chi connectivity index (χ3v) is 8.68. The summed E-state index contributed by atoms with van der Waals surface area (Å²) in [7, 11) is -4.01. The second kappa shape index (κ2) is 8.99. The molecule has 1 atom stereocenters. The van der Waals surface area contributed by atoms with Crippen molar-refractivity contribution >= 4 is 56.7 Å². The predicted molar refractivity (Wildman–Crippen MR) is 130 cm³/mol. The number of benzene rings is 1. The van der Waals surface area contributed by atoms with Crippen LogP contribution in [-0.2, 0) is 25.2 Å². The number of carbonyl (C=O) groups excluding carboxylic acids is 2. The van der Waals surface area contributed by atoms with Crippen LogP contribution in [0.4, 0.5) is 11.6 Å². The Hall–Kier alpha value is -2.40. The molecule has 3 heterocycles. The number of sulfonamides is 1. The topological polar surface area (TPSA) is 119 Å². The van der Waals surface area contributed by atoms with E-state index in [1.807, 2.05) is 13.0 Å². The Balaban J connectivity index is 1.82. The summed E-state index contributed by atoms with van der Waals surface area (Å²) < 4.78 is 30.1. The SMILES string of the molecule is C/C=C/C[C@]1(C)C(=O)N(c2cc(Cl)cc(Cl)c2)c2ncc(S(=O)(=O)N3CCC(C(N)=O)CC3)n21. The highest BCUT2D eigenvalue weighted by Gasteiger charge is 2.51. The van der Waals surface area contributed by atoms with Gasteiger partial charge in [-0.05, 0) is 51.3 Å². The molecule has 4 rings (SSSR count). The van der Waals surface area contributed by atoms with Gasteiger partial charge in [0.15, 0.2) is 5.03 Å². The van der Waals surface area contributed by atoms with E-state index in [4.69, 9.17) is 28.9 Å². The first-order valence-corrected chi connectivity index (χ1v) is 13.0. The Morgan fingerprint density at radius 2 is 1.85 bits per heavy atom. The highest BCUT2D eigenvalue weighted by atomic mass is 35.5. The largest absolute Gasteiger partial charge is 0.369 e. The van der Waals surface area contributed by atoms with Gasteiger partial charge < -0.3 is 5.73 Å². The molecule has 0 aliphatic carbocycles. The average Bonchev–Trinajstić information content (AvgIpc) is 3.30. The van der Waals surface area contributed by atoms with E-state index in [9.17, 15) is 18.0 Å². The van der Waals surface area contributed by atoms with Gasteiger partial charge in [0.25, 0.3) is 15.9 Å². The van der Waals surface area contributed by atoms with E-state index in [1.54, 1.807) is 31.2 Å².